The lowest BCUT2D eigenvalue weighted by molar-refractivity contribution is -0.139. The van der Waals surface area contributed by atoms with Crippen LogP contribution in [0.25, 0.3) is 0 Å². The maximum Gasteiger partial charge on any atom is 0.244 e. The second-order valence-corrected chi connectivity index (χ2v) is 11.1. The molecule has 180 valence electrons. The Kier molecular flexibility index (Phi) is 9.75. The number of hydrogen-bond acceptors (Lipinski definition) is 4. The minimum atomic E-state index is -3.82. The van der Waals surface area contributed by atoms with E-state index in [1.54, 1.807) is 25.1 Å². The zero-order chi connectivity index (χ0) is 24.8. The number of carbonyl (C=O) groups excluding carboxylic acids is 2. The summed E-state index contributed by atoms with van der Waals surface area (Å²) < 4.78 is 26.9. The van der Waals surface area contributed by atoms with Crippen molar-refractivity contribution in [3.63, 3.8) is 0 Å². The van der Waals surface area contributed by atoms with Gasteiger partial charge in [0.25, 0.3) is 0 Å². The average molecular weight is 559 g/mol. The van der Waals surface area contributed by atoms with E-state index in [9.17, 15) is 18.0 Å². The lowest BCUT2D eigenvalue weighted by Gasteiger charge is -2.32. The van der Waals surface area contributed by atoms with Crippen molar-refractivity contribution in [2.75, 3.05) is 17.1 Å². The van der Waals surface area contributed by atoms with Crippen molar-refractivity contribution in [1.82, 2.24) is 10.2 Å². The van der Waals surface area contributed by atoms with Crippen molar-refractivity contribution in [3.05, 3.63) is 63.6 Å². The predicted octanol–water partition coefficient (Wildman–Crippen LogP) is 4.20. The largest absolute Gasteiger partial charge is 0.352 e. The Morgan fingerprint density at radius 2 is 1.79 bits per heavy atom. The highest BCUT2D eigenvalue weighted by atomic mass is 79.9. The molecule has 0 fully saturated rings. The van der Waals surface area contributed by atoms with Crippen molar-refractivity contribution in [2.45, 2.75) is 45.8 Å². The number of sulfonamides is 1. The molecular weight excluding hydrogens is 530 g/mol. The van der Waals surface area contributed by atoms with Gasteiger partial charge in [0.1, 0.15) is 12.6 Å². The predicted molar refractivity (Wildman–Crippen MR) is 136 cm³/mol. The van der Waals surface area contributed by atoms with Crippen molar-refractivity contribution < 1.29 is 18.0 Å². The molecule has 2 aromatic carbocycles. The summed E-state index contributed by atoms with van der Waals surface area (Å²) in [6.07, 6.45) is 1.76. The Morgan fingerprint density at radius 1 is 1.12 bits per heavy atom. The van der Waals surface area contributed by atoms with Crippen LogP contribution in [0.15, 0.2) is 53.0 Å². The van der Waals surface area contributed by atoms with Gasteiger partial charge in [-0.25, -0.2) is 8.42 Å². The first-order chi connectivity index (χ1) is 15.4. The highest BCUT2D eigenvalue weighted by Crippen LogP contribution is 2.27. The van der Waals surface area contributed by atoms with E-state index in [2.05, 4.69) is 21.2 Å². The van der Waals surface area contributed by atoms with E-state index in [0.29, 0.717) is 0 Å². The van der Waals surface area contributed by atoms with Gasteiger partial charge in [-0.1, -0.05) is 58.7 Å². The molecule has 0 aliphatic rings. The van der Waals surface area contributed by atoms with Gasteiger partial charge in [0.05, 0.1) is 17.0 Å². The fourth-order valence-corrected chi connectivity index (χ4v) is 4.72. The van der Waals surface area contributed by atoms with E-state index in [4.69, 9.17) is 11.6 Å². The van der Waals surface area contributed by atoms with Gasteiger partial charge in [-0.2, -0.15) is 0 Å². The van der Waals surface area contributed by atoms with Gasteiger partial charge in [-0.05, 0) is 50.1 Å². The summed E-state index contributed by atoms with van der Waals surface area (Å²) in [7, 11) is -3.82. The van der Waals surface area contributed by atoms with Crippen LogP contribution in [-0.4, -0.2) is 50.0 Å². The maximum atomic E-state index is 13.5. The van der Waals surface area contributed by atoms with Crippen LogP contribution in [0, 0.1) is 0 Å². The van der Waals surface area contributed by atoms with Gasteiger partial charge in [-0.15, -0.1) is 0 Å². The fraction of sp³-hybridized carbons (Fsp3) is 0.391. The number of anilines is 1. The molecule has 2 amide bonds. The van der Waals surface area contributed by atoms with E-state index < -0.39 is 28.5 Å². The van der Waals surface area contributed by atoms with Crippen LogP contribution in [0.1, 0.15) is 32.8 Å². The second-order valence-electron chi connectivity index (χ2n) is 7.87. The molecule has 2 atom stereocenters. The normalized spacial score (nSPS) is 13.2. The van der Waals surface area contributed by atoms with Gasteiger partial charge in [0.2, 0.25) is 21.8 Å². The van der Waals surface area contributed by atoms with Gasteiger partial charge in [0.15, 0.2) is 0 Å². The molecule has 0 aromatic heterocycles. The molecule has 7 nitrogen and oxygen atoms in total. The fourth-order valence-electron chi connectivity index (χ4n) is 3.13. The summed E-state index contributed by atoms with van der Waals surface area (Å²) in [5, 5.41) is 3.10. The third-order valence-corrected chi connectivity index (χ3v) is 7.15. The molecule has 0 saturated carbocycles. The number of benzene rings is 2. The van der Waals surface area contributed by atoms with Crippen LogP contribution in [0.5, 0.6) is 0 Å². The number of amides is 2. The molecule has 0 radical (unpaired) electrons. The molecule has 0 bridgehead atoms. The summed E-state index contributed by atoms with van der Waals surface area (Å²) in [6, 6.07) is 12.9. The van der Waals surface area contributed by atoms with E-state index in [-0.39, 0.29) is 29.2 Å². The molecule has 2 rings (SSSR count). The van der Waals surface area contributed by atoms with Crippen LogP contribution < -0.4 is 9.62 Å². The number of hydrogen-bond donors (Lipinski definition) is 1. The Labute approximate surface area is 209 Å². The minimum absolute atomic E-state index is 0.0570. The summed E-state index contributed by atoms with van der Waals surface area (Å²) in [6.45, 7) is 5.11. The van der Waals surface area contributed by atoms with Gasteiger partial charge in [-0.3, -0.25) is 13.9 Å². The van der Waals surface area contributed by atoms with Crippen molar-refractivity contribution in [1.29, 1.82) is 0 Å². The standard InChI is InChI=1S/C23H29BrClN3O4S/c1-5-16(2)26-23(30)17(3)27(14-18-9-8-10-19(24)13-18)22(29)15-28(33(4,31)32)21-12-7-6-11-20(21)25/h6-13,16-17H,5,14-15H2,1-4H3,(H,26,30)/t16-,17-/m0/s1. The Bertz CT molecular complexity index is 1100. The molecule has 0 aliphatic heterocycles. The number of nitrogens with one attached hydrogen (secondary N) is 1. The first-order valence-corrected chi connectivity index (χ1v) is 13.5. The van der Waals surface area contributed by atoms with Crippen LogP contribution in [0.3, 0.4) is 0 Å². The first-order valence-electron chi connectivity index (χ1n) is 10.5. The van der Waals surface area contributed by atoms with Crippen molar-refractivity contribution in [3.8, 4) is 0 Å². The second kappa shape index (κ2) is 11.9. The number of halogens is 2. The SMILES string of the molecule is CC[C@H](C)NC(=O)[C@H](C)N(Cc1cccc(Br)c1)C(=O)CN(c1ccccc1Cl)S(C)(=O)=O. The Hall–Kier alpha value is -2.10. The zero-order valence-electron chi connectivity index (χ0n) is 19.1. The molecular formula is C23H29BrClN3O4S. The number of para-hydroxylation sites is 1. The third kappa shape index (κ3) is 7.72. The quantitative estimate of drug-likeness (QED) is 0.474. The molecule has 33 heavy (non-hydrogen) atoms. The lowest BCUT2D eigenvalue weighted by Crippen LogP contribution is -2.52. The third-order valence-electron chi connectivity index (χ3n) is 5.21. The first kappa shape index (κ1) is 27.1. The topological polar surface area (TPSA) is 86.8 Å². The molecule has 0 heterocycles. The maximum absolute atomic E-state index is 13.5. The molecule has 10 heteroatoms. The van der Waals surface area contributed by atoms with Gasteiger partial charge < -0.3 is 10.2 Å². The molecule has 0 unspecified atom stereocenters. The summed E-state index contributed by atoms with van der Waals surface area (Å²) in [5.41, 5.74) is 0.999. The Balaban J connectivity index is 2.40. The van der Waals surface area contributed by atoms with Crippen LogP contribution in [0.4, 0.5) is 5.69 Å². The molecule has 1 N–H and O–H groups in total. The van der Waals surface area contributed by atoms with Crippen LogP contribution in [0.2, 0.25) is 5.02 Å². The Morgan fingerprint density at radius 3 is 2.36 bits per heavy atom. The summed E-state index contributed by atoms with van der Waals surface area (Å²) in [5.74, 6) is -0.830. The van der Waals surface area contributed by atoms with Crippen molar-refractivity contribution in [2.24, 2.45) is 0 Å². The average Bonchev–Trinajstić information content (AvgIpc) is 2.75. The van der Waals surface area contributed by atoms with Gasteiger partial charge in [0, 0.05) is 17.1 Å². The zero-order valence-corrected chi connectivity index (χ0v) is 22.2. The van der Waals surface area contributed by atoms with E-state index >= 15 is 0 Å². The van der Waals surface area contributed by atoms with Crippen LogP contribution >= 0.6 is 27.5 Å². The van der Waals surface area contributed by atoms with Gasteiger partial charge >= 0.3 is 0 Å². The van der Waals surface area contributed by atoms with E-state index in [0.717, 1.165) is 27.0 Å². The minimum Gasteiger partial charge on any atom is -0.352 e. The number of nitrogens with zero attached hydrogens (tertiary/aromatic N) is 2. The van der Waals surface area contributed by atoms with E-state index in [1.807, 2.05) is 38.1 Å². The number of carbonyl (C=O) groups is 2. The monoisotopic (exact) mass is 557 g/mol. The highest BCUT2D eigenvalue weighted by Gasteiger charge is 2.31. The lowest BCUT2D eigenvalue weighted by atomic mass is 10.1. The molecule has 2 aromatic rings. The highest BCUT2D eigenvalue weighted by molar-refractivity contribution is 9.10. The molecule has 0 aliphatic carbocycles. The van der Waals surface area contributed by atoms with Crippen LogP contribution in [-0.2, 0) is 26.2 Å². The summed E-state index contributed by atoms with van der Waals surface area (Å²) in [4.78, 5) is 27.7. The van der Waals surface area contributed by atoms with E-state index in [1.165, 1.54) is 11.0 Å². The smallest absolute Gasteiger partial charge is 0.244 e. The molecule has 0 spiro atoms. The molecule has 0 saturated heterocycles. The number of rotatable bonds is 10. The van der Waals surface area contributed by atoms with Crippen molar-refractivity contribution >= 4 is 55.1 Å². The summed E-state index contributed by atoms with van der Waals surface area (Å²) >= 11 is 9.64.